The molecular formula is C14H17NO3. The van der Waals surface area contributed by atoms with Gasteiger partial charge < -0.3 is 15.2 Å². The standard InChI is InChI=1S/C14H17NO3/c1-9(14(4-5-14)13(15)16)10-2-3-11-12(8-10)18-7-6-17-11/h2-3,8-9H,4-7H2,1H3,(H2,15,16)/t9-/m1/s1. The molecule has 3 rings (SSSR count). The molecule has 1 atom stereocenters. The lowest BCUT2D eigenvalue weighted by molar-refractivity contribution is -0.123. The molecule has 1 saturated carbocycles. The van der Waals surface area contributed by atoms with Gasteiger partial charge in [0.2, 0.25) is 5.91 Å². The number of hydrogen-bond acceptors (Lipinski definition) is 3. The third-order valence-electron chi connectivity index (χ3n) is 4.17. The molecule has 0 aromatic heterocycles. The molecule has 18 heavy (non-hydrogen) atoms. The largest absolute Gasteiger partial charge is 0.486 e. The smallest absolute Gasteiger partial charge is 0.224 e. The average Bonchev–Trinajstić information content (AvgIpc) is 3.19. The fourth-order valence-corrected chi connectivity index (χ4v) is 2.68. The zero-order chi connectivity index (χ0) is 12.8. The minimum absolute atomic E-state index is 0.130. The Morgan fingerprint density at radius 1 is 1.28 bits per heavy atom. The highest BCUT2D eigenvalue weighted by molar-refractivity contribution is 5.84. The van der Waals surface area contributed by atoms with Crippen LogP contribution in [0, 0.1) is 5.41 Å². The van der Waals surface area contributed by atoms with Crippen molar-refractivity contribution >= 4 is 5.91 Å². The number of ether oxygens (including phenoxy) is 2. The number of amides is 1. The predicted octanol–water partition coefficient (Wildman–Crippen LogP) is 1.83. The van der Waals surface area contributed by atoms with Crippen LogP contribution in [0.4, 0.5) is 0 Å². The summed E-state index contributed by atoms with van der Waals surface area (Å²) in [5.74, 6) is 1.49. The summed E-state index contributed by atoms with van der Waals surface area (Å²) < 4.78 is 11.1. The minimum atomic E-state index is -0.343. The third kappa shape index (κ3) is 1.64. The van der Waals surface area contributed by atoms with Crippen molar-refractivity contribution < 1.29 is 14.3 Å². The highest BCUT2D eigenvalue weighted by atomic mass is 16.6. The van der Waals surface area contributed by atoms with Gasteiger partial charge in [-0.05, 0) is 36.5 Å². The predicted molar refractivity (Wildman–Crippen MR) is 66.7 cm³/mol. The maximum atomic E-state index is 11.6. The van der Waals surface area contributed by atoms with Gasteiger partial charge in [0.25, 0.3) is 0 Å². The highest BCUT2D eigenvalue weighted by Gasteiger charge is 2.53. The number of carbonyl (C=O) groups is 1. The summed E-state index contributed by atoms with van der Waals surface area (Å²) in [5, 5.41) is 0. The molecule has 96 valence electrons. The third-order valence-corrected chi connectivity index (χ3v) is 4.17. The van der Waals surface area contributed by atoms with Crippen molar-refractivity contribution in [1.29, 1.82) is 0 Å². The van der Waals surface area contributed by atoms with Crippen LogP contribution < -0.4 is 15.2 Å². The summed E-state index contributed by atoms with van der Waals surface area (Å²) in [6.07, 6.45) is 1.77. The number of carbonyl (C=O) groups excluding carboxylic acids is 1. The van der Waals surface area contributed by atoms with Crippen LogP contribution in [0.25, 0.3) is 0 Å². The van der Waals surface area contributed by atoms with E-state index >= 15 is 0 Å². The van der Waals surface area contributed by atoms with E-state index in [4.69, 9.17) is 15.2 Å². The zero-order valence-corrected chi connectivity index (χ0v) is 10.4. The number of nitrogens with two attached hydrogens (primary N) is 1. The van der Waals surface area contributed by atoms with Gasteiger partial charge in [0.05, 0.1) is 5.41 Å². The number of rotatable bonds is 3. The maximum absolute atomic E-state index is 11.6. The highest BCUT2D eigenvalue weighted by Crippen LogP contribution is 2.56. The van der Waals surface area contributed by atoms with Gasteiger partial charge in [-0.15, -0.1) is 0 Å². The number of benzene rings is 1. The summed E-state index contributed by atoms with van der Waals surface area (Å²) in [7, 11) is 0. The second-order valence-corrected chi connectivity index (χ2v) is 5.15. The quantitative estimate of drug-likeness (QED) is 0.886. The molecule has 1 amide bonds. The van der Waals surface area contributed by atoms with Crippen molar-refractivity contribution in [2.75, 3.05) is 13.2 Å². The molecular weight excluding hydrogens is 230 g/mol. The first-order valence-electron chi connectivity index (χ1n) is 6.33. The second kappa shape index (κ2) is 3.90. The first-order chi connectivity index (χ1) is 8.63. The molecule has 4 nitrogen and oxygen atoms in total. The van der Waals surface area contributed by atoms with E-state index in [1.165, 1.54) is 0 Å². The van der Waals surface area contributed by atoms with Gasteiger partial charge in [0.15, 0.2) is 11.5 Å². The fourth-order valence-electron chi connectivity index (χ4n) is 2.68. The van der Waals surface area contributed by atoms with Crippen molar-refractivity contribution in [3.05, 3.63) is 23.8 Å². The molecule has 0 bridgehead atoms. The van der Waals surface area contributed by atoms with E-state index < -0.39 is 0 Å². The lowest BCUT2D eigenvalue weighted by Gasteiger charge is -2.23. The monoisotopic (exact) mass is 247 g/mol. The van der Waals surface area contributed by atoms with E-state index in [0.29, 0.717) is 13.2 Å². The Kier molecular flexibility index (Phi) is 2.47. The molecule has 1 heterocycles. The number of hydrogen-bond donors (Lipinski definition) is 1. The molecule has 1 aliphatic carbocycles. The minimum Gasteiger partial charge on any atom is -0.486 e. The molecule has 0 unspecified atom stereocenters. The SMILES string of the molecule is C[C@H](c1ccc2c(c1)OCCO2)C1(C(N)=O)CC1. The van der Waals surface area contributed by atoms with Gasteiger partial charge in [-0.25, -0.2) is 0 Å². The lowest BCUT2D eigenvalue weighted by Crippen LogP contribution is -2.29. The Balaban J connectivity index is 1.91. The van der Waals surface area contributed by atoms with Crippen molar-refractivity contribution in [1.82, 2.24) is 0 Å². The van der Waals surface area contributed by atoms with Crippen LogP contribution in [0.1, 0.15) is 31.2 Å². The molecule has 1 aliphatic heterocycles. The maximum Gasteiger partial charge on any atom is 0.224 e. The summed E-state index contributed by atoms with van der Waals surface area (Å²) in [5.41, 5.74) is 6.26. The van der Waals surface area contributed by atoms with Crippen LogP contribution in [-0.4, -0.2) is 19.1 Å². The number of fused-ring (bicyclic) bond motifs is 1. The Bertz CT molecular complexity index is 494. The summed E-state index contributed by atoms with van der Waals surface area (Å²) in [4.78, 5) is 11.6. The molecule has 2 aliphatic rings. The van der Waals surface area contributed by atoms with E-state index in [-0.39, 0.29) is 17.2 Å². The topological polar surface area (TPSA) is 61.6 Å². The molecule has 4 heteroatoms. The Morgan fingerprint density at radius 2 is 1.94 bits per heavy atom. The van der Waals surface area contributed by atoms with Gasteiger partial charge in [0, 0.05) is 0 Å². The van der Waals surface area contributed by atoms with Gasteiger partial charge in [-0.1, -0.05) is 13.0 Å². The molecule has 1 aromatic rings. The van der Waals surface area contributed by atoms with Crippen LogP contribution in [0.5, 0.6) is 11.5 Å². The van der Waals surface area contributed by atoms with Crippen molar-refractivity contribution in [2.45, 2.75) is 25.7 Å². The molecule has 0 saturated heterocycles. The van der Waals surface area contributed by atoms with E-state index in [1.807, 2.05) is 18.2 Å². The zero-order valence-electron chi connectivity index (χ0n) is 10.4. The van der Waals surface area contributed by atoms with Crippen molar-refractivity contribution in [3.63, 3.8) is 0 Å². The van der Waals surface area contributed by atoms with Crippen molar-refractivity contribution in [2.24, 2.45) is 11.1 Å². The van der Waals surface area contributed by atoms with Gasteiger partial charge in [-0.3, -0.25) is 4.79 Å². The van der Waals surface area contributed by atoms with Crippen LogP contribution in [0.15, 0.2) is 18.2 Å². The van der Waals surface area contributed by atoms with E-state index in [0.717, 1.165) is 29.9 Å². The second-order valence-electron chi connectivity index (χ2n) is 5.15. The van der Waals surface area contributed by atoms with Gasteiger partial charge in [-0.2, -0.15) is 0 Å². The first-order valence-corrected chi connectivity index (χ1v) is 6.33. The summed E-state index contributed by atoms with van der Waals surface area (Å²) in [6, 6.07) is 5.89. The molecule has 1 fully saturated rings. The summed E-state index contributed by atoms with van der Waals surface area (Å²) >= 11 is 0. The van der Waals surface area contributed by atoms with Gasteiger partial charge in [0.1, 0.15) is 13.2 Å². The first kappa shape index (κ1) is 11.4. The average molecular weight is 247 g/mol. The van der Waals surface area contributed by atoms with E-state index in [9.17, 15) is 4.79 Å². The van der Waals surface area contributed by atoms with Crippen LogP contribution >= 0.6 is 0 Å². The van der Waals surface area contributed by atoms with Crippen LogP contribution in [0.2, 0.25) is 0 Å². The van der Waals surface area contributed by atoms with Crippen molar-refractivity contribution in [3.8, 4) is 11.5 Å². The van der Waals surface area contributed by atoms with E-state index in [1.54, 1.807) is 0 Å². The van der Waals surface area contributed by atoms with Crippen LogP contribution in [0.3, 0.4) is 0 Å². The Labute approximate surface area is 106 Å². The Hall–Kier alpha value is -1.71. The normalized spacial score (nSPS) is 21.2. The van der Waals surface area contributed by atoms with Gasteiger partial charge >= 0.3 is 0 Å². The van der Waals surface area contributed by atoms with Crippen LogP contribution in [-0.2, 0) is 4.79 Å². The fraction of sp³-hybridized carbons (Fsp3) is 0.500. The molecule has 2 N–H and O–H groups in total. The molecule has 0 radical (unpaired) electrons. The summed E-state index contributed by atoms with van der Waals surface area (Å²) in [6.45, 7) is 3.22. The molecule has 1 aromatic carbocycles. The van der Waals surface area contributed by atoms with E-state index in [2.05, 4.69) is 6.92 Å². The lowest BCUT2D eigenvalue weighted by atomic mass is 9.84. The molecule has 0 spiro atoms. The number of primary amides is 1. The Morgan fingerprint density at radius 3 is 2.56 bits per heavy atom.